The second-order valence-corrected chi connectivity index (χ2v) is 4.34. The molecule has 0 saturated carbocycles. The minimum absolute atomic E-state index is 0.392. The quantitative estimate of drug-likeness (QED) is 0.926. The van der Waals surface area contributed by atoms with Gasteiger partial charge in [-0.2, -0.15) is 5.26 Å². The summed E-state index contributed by atoms with van der Waals surface area (Å²) in [6, 6.07) is 17.5. The van der Waals surface area contributed by atoms with Gasteiger partial charge in [0.1, 0.15) is 6.07 Å². The number of hydrogen-bond donors (Lipinski definition) is 1. The van der Waals surface area contributed by atoms with Crippen LogP contribution in [0.1, 0.15) is 17.2 Å². The Bertz CT molecular complexity index is 647. The molecular weight excluding hydrogens is 252 g/mol. The largest absolute Gasteiger partial charge is 0.378 e. The third kappa shape index (κ3) is 2.68. The predicted molar refractivity (Wildman–Crippen MR) is 76.0 cm³/mol. The van der Waals surface area contributed by atoms with Crippen LogP contribution in [0.4, 0.5) is 5.69 Å². The number of rotatable bonds is 3. The molecular formula is C16H14N2O2. The van der Waals surface area contributed by atoms with E-state index in [9.17, 15) is 9.90 Å². The summed E-state index contributed by atoms with van der Waals surface area (Å²) in [5.41, 5.74) is 1.40. The van der Waals surface area contributed by atoms with Crippen molar-refractivity contribution in [3.8, 4) is 6.07 Å². The topological polar surface area (TPSA) is 64.3 Å². The van der Waals surface area contributed by atoms with Gasteiger partial charge in [0.25, 0.3) is 5.91 Å². The van der Waals surface area contributed by atoms with E-state index in [4.69, 9.17) is 5.26 Å². The third-order valence-corrected chi connectivity index (χ3v) is 3.07. The average Bonchev–Trinajstić information content (AvgIpc) is 2.53. The van der Waals surface area contributed by atoms with E-state index < -0.39 is 12.0 Å². The van der Waals surface area contributed by atoms with Gasteiger partial charge in [0, 0.05) is 7.05 Å². The van der Waals surface area contributed by atoms with Crippen LogP contribution in [0.3, 0.4) is 0 Å². The molecule has 0 aliphatic rings. The van der Waals surface area contributed by atoms with Gasteiger partial charge in [-0.15, -0.1) is 0 Å². The van der Waals surface area contributed by atoms with Crippen LogP contribution in [-0.4, -0.2) is 18.1 Å². The highest BCUT2D eigenvalue weighted by Crippen LogP contribution is 2.22. The zero-order chi connectivity index (χ0) is 14.5. The van der Waals surface area contributed by atoms with Crippen molar-refractivity contribution in [3.05, 3.63) is 65.7 Å². The lowest BCUT2D eigenvalue weighted by Crippen LogP contribution is -2.32. The summed E-state index contributed by atoms with van der Waals surface area (Å²) in [5.74, 6) is -0.473. The summed E-state index contributed by atoms with van der Waals surface area (Å²) >= 11 is 0. The lowest BCUT2D eigenvalue weighted by Gasteiger charge is -2.21. The molecule has 0 heterocycles. The van der Waals surface area contributed by atoms with Gasteiger partial charge in [-0.1, -0.05) is 42.5 Å². The van der Waals surface area contributed by atoms with E-state index in [1.807, 2.05) is 12.1 Å². The van der Waals surface area contributed by atoms with E-state index in [1.165, 1.54) is 4.90 Å². The minimum Gasteiger partial charge on any atom is -0.378 e. The van der Waals surface area contributed by atoms with E-state index in [-0.39, 0.29) is 0 Å². The number of carbonyl (C=O) groups is 1. The molecule has 2 aromatic rings. The Morgan fingerprint density at radius 2 is 1.75 bits per heavy atom. The molecule has 0 aromatic heterocycles. The maximum atomic E-state index is 12.3. The summed E-state index contributed by atoms with van der Waals surface area (Å²) < 4.78 is 0. The van der Waals surface area contributed by atoms with Gasteiger partial charge >= 0.3 is 0 Å². The van der Waals surface area contributed by atoms with Gasteiger partial charge in [-0.25, -0.2) is 0 Å². The molecule has 4 nitrogen and oxygen atoms in total. The normalized spacial score (nSPS) is 11.4. The molecule has 100 valence electrons. The lowest BCUT2D eigenvalue weighted by molar-refractivity contribution is -0.126. The third-order valence-electron chi connectivity index (χ3n) is 3.07. The molecule has 0 radical (unpaired) electrons. The first-order valence-corrected chi connectivity index (χ1v) is 6.15. The number of amides is 1. The highest BCUT2D eigenvalue weighted by Gasteiger charge is 2.23. The Morgan fingerprint density at radius 3 is 2.40 bits per heavy atom. The standard InChI is InChI=1S/C16H14N2O2/c1-18(14-10-6-5-9-13(14)11-17)16(20)15(19)12-7-3-2-4-8-12/h2-10,15,19H,1H3. The van der Waals surface area contributed by atoms with Crippen molar-refractivity contribution in [2.75, 3.05) is 11.9 Å². The Labute approximate surface area is 117 Å². The number of nitriles is 1. The Kier molecular flexibility index (Phi) is 4.14. The van der Waals surface area contributed by atoms with Crippen molar-refractivity contribution in [3.63, 3.8) is 0 Å². The second-order valence-electron chi connectivity index (χ2n) is 4.34. The Balaban J connectivity index is 2.27. The summed E-state index contributed by atoms with van der Waals surface area (Å²) in [4.78, 5) is 13.6. The molecule has 0 aliphatic heterocycles. The first kappa shape index (κ1) is 13.8. The van der Waals surface area contributed by atoms with Crippen molar-refractivity contribution < 1.29 is 9.90 Å². The van der Waals surface area contributed by atoms with E-state index in [1.54, 1.807) is 55.6 Å². The zero-order valence-corrected chi connectivity index (χ0v) is 11.0. The van der Waals surface area contributed by atoms with Crippen molar-refractivity contribution in [2.45, 2.75) is 6.10 Å². The maximum absolute atomic E-state index is 12.3. The van der Waals surface area contributed by atoms with Crippen LogP contribution in [0.2, 0.25) is 0 Å². The van der Waals surface area contributed by atoms with Crippen LogP contribution in [0.15, 0.2) is 54.6 Å². The molecule has 20 heavy (non-hydrogen) atoms. The smallest absolute Gasteiger partial charge is 0.260 e. The number of anilines is 1. The average molecular weight is 266 g/mol. The molecule has 1 N–H and O–H groups in total. The number of aliphatic hydroxyl groups is 1. The fourth-order valence-corrected chi connectivity index (χ4v) is 1.94. The summed E-state index contributed by atoms with van der Waals surface area (Å²) in [5, 5.41) is 19.2. The first-order chi connectivity index (χ1) is 9.65. The summed E-state index contributed by atoms with van der Waals surface area (Å²) in [6.45, 7) is 0. The molecule has 0 saturated heterocycles. The molecule has 0 spiro atoms. The first-order valence-electron chi connectivity index (χ1n) is 6.15. The number of aliphatic hydroxyl groups excluding tert-OH is 1. The van der Waals surface area contributed by atoms with E-state index in [0.29, 0.717) is 16.8 Å². The number of likely N-dealkylation sites (N-methyl/N-ethyl adjacent to an activating group) is 1. The van der Waals surface area contributed by atoms with Gasteiger partial charge in [0.15, 0.2) is 6.10 Å². The number of benzene rings is 2. The van der Waals surface area contributed by atoms with Gasteiger partial charge in [-0.3, -0.25) is 4.79 Å². The molecule has 2 rings (SSSR count). The van der Waals surface area contributed by atoms with Crippen LogP contribution < -0.4 is 4.90 Å². The summed E-state index contributed by atoms with van der Waals surface area (Å²) in [7, 11) is 1.55. The molecule has 1 atom stereocenters. The molecule has 0 bridgehead atoms. The van der Waals surface area contributed by atoms with Crippen LogP contribution in [0.5, 0.6) is 0 Å². The molecule has 1 unspecified atom stereocenters. The van der Waals surface area contributed by atoms with Crippen LogP contribution >= 0.6 is 0 Å². The van der Waals surface area contributed by atoms with E-state index >= 15 is 0 Å². The number of carbonyl (C=O) groups excluding carboxylic acids is 1. The maximum Gasteiger partial charge on any atom is 0.260 e. The number of nitrogens with zero attached hydrogens (tertiary/aromatic N) is 2. The number of para-hydroxylation sites is 1. The van der Waals surface area contributed by atoms with Crippen LogP contribution in [0, 0.1) is 11.3 Å². The van der Waals surface area contributed by atoms with Gasteiger partial charge in [-0.05, 0) is 17.7 Å². The fourth-order valence-electron chi connectivity index (χ4n) is 1.94. The molecule has 0 aliphatic carbocycles. The number of hydrogen-bond acceptors (Lipinski definition) is 3. The molecule has 0 fully saturated rings. The highest BCUT2D eigenvalue weighted by atomic mass is 16.3. The molecule has 1 amide bonds. The predicted octanol–water partition coefficient (Wildman–Crippen LogP) is 2.25. The zero-order valence-electron chi connectivity index (χ0n) is 11.0. The fraction of sp³-hybridized carbons (Fsp3) is 0.125. The molecule has 2 aromatic carbocycles. The van der Waals surface area contributed by atoms with Crippen molar-refractivity contribution >= 4 is 11.6 Å². The monoisotopic (exact) mass is 266 g/mol. The van der Waals surface area contributed by atoms with E-state index in [2.05, 4.69) is 0 Å². The van der Waals surface area contributed by atoms with Gasteiger partial charge in [0.05, 0.1) is 11.3 Å². The van der Waals surface area contributed by atoms with Crippen molar-refractivity contribution in [1.82, 2.24) is 0 Å². The van der Waals surface area contributed by atoms with Crippen molar-refractivity contribution in [1.29, 1.82) is 5.26 Å². The Morgan fingerprint density at radius 1 is 1.15 bits per heavy atom. The lowest BCUT2D eigenvalue weighted by atomic mass is 10.1. The van der Waals surface area contributed by atoms with E-state index in [0.717, 1.165) is 0 Å². The summed E-state index contributed by atoms with van der Waals surface area (Å²) in [6.07, 6.45) is -1.24. The highest BCUT2D eigenvalue weighted by molar-refractivity contribution is 5.97. The van der Waals surface area contributed by atoms with Crippen LogP contribution in [-0.2, 0) is 4.79 Å². The second kappa shape index (κ2) is 6.00. The van der Waals surface area contributed by atoms with Crippen molar-refractivity contribution in [2.24, 2.45) is 0 Å². The van der Waals surface area contributed by atoms with Gasteiger partial charge in [0.2, 0.25) is 0 Å². The molecule has 4 heteroatoms. The van der Waals surface area contributed by atoms with Gasteiger partial charge < -0.3 is 10.0 Å². The van der Waals surface area contributed by atoms with Crippen LogP contribution in [0.25, 0.3) is 0 Å². The SMILES string of the molecule is CN(C(=O)C(O)c1ccccc1)c1ccccc1C#N. The Hall–Kier alpha value is -2.64. The minimum atomic E-state index is -1.24.